The van der Waals surface area contributed by atoms with Crippen LogP contribution in [-0.2, 0) is 23.9 Å². The van der Waals surface area contributed by atoms with Gasteiger partial charge >= 0.3 is 6.18 Å². The van der Waals surface area contributed by atoms with Crippen molar-refractivity contribution in [3.8, 4) is 11.4 Å². The van der Waals surface area contributed by atoms with E-state index in [0.717, 1.165) is 12.1 Å². The van der Waals surface area contributed by atoms with Gasteiger partial charge in [0.25, 0.3) is 0 Å². The van der Waals surface area contributed by atoms with Gasteiger partial charge in [-0.25, -0.2) is 4.39 Å². The summed E-state index contributed by atoms with van der Waals surface area (Å²) in [6.45, 7) is -0.381. The molecule has 0 aliphatic rings. The van der Waals surface area contributed by atoms with E-state index in [9.17, 15) is 22.4 Å². The molecule has 0 atom stereocenters. The summed E-state index contributed by atoms with van der Waals surface area (Å²) in [4.78, 5) is 16.1. The van der Waals surface area contributed by atoms with Crippen LogP contribution in [0.4, 0.5) is 17.6 Å². The number of aryl methyl sites for hydroxylation is 1. The third kappa shape index (κ3) is 5.54. The zero-order valence-corrected chi connectivity index (χ0v) is 15.5. The Morgan fingerprint density at radius 3 is 2.55 bits per heavy atom. The van der Waals surface area contributed by atoms with Crippen LogP contribution in [0, 0.1) is 5.82 Å². The van der Waals surface area contributed by atoms with Crippen LogP contribution >= 0.6 is 11.6 Å². The summed E-state index contributed by atoms with van der Waals surface area (Å²) < 4.78 is 57.1. The number of hydrogen-bond acceptors (Lipinski definition) is 4. The number of alkyl halides is 3. The third-order valence-electron chi connectivity index (χ3n) is 3.99. The van der Waals surface area contributed by atoms with Crippen molar-refractivity contribution in [2.75, 3.05) is 0 Å². The molecule has 1 amide bonds. The smallest absolute Gasteiger partial charge is 0.352 e. The fourth-order valence-electron chi connectivity index (χ4n) is 2.54. The van der Waals surface area contributed by atoms with Crippen molar-refractivity contribution in [1.29, 1.82) is 0 Å². The van der Waals surface area contributed by atoms with E-state index in [1.54, 1.807) is 24.3 Å². The SMILES string of the molecule is O=C(CCc1nc(-c2ccc(Cl)cc2)no1)NCc1ccc(F)cc1C(F)(F)F. The molecule has 0 bridgehead atoms. The molecule has 0 fully saturated rings. The van der Waals surface area contributed by atoms with E-state index >= 15 is 0 Å². The minimum atomic E-state index is -4.72. The lowest BCUT2D eigenvalue weighted by atomic mass is 10.1. The minimum absolute atomic E-state index is 0.0647. The van der Waals surface area contributed by atoms with Gasteiger partial charge in [-0.15, -0.1) is 0 Å². The molecular formula is C19H14ClF4N3O2. The van der Waals surface area contributed by atoms with Crippen molar-refractivity contribution in [3.05, 3.63) is 70.3 Å². The van der Waals surface area contributed by atoms with Crippen molar-refractivity contribution in [2.45, 2.75) is 25.6 Å². The van der Waals surface area contributed by atoms with Crippen LogP contribution in [0.2, 0.25) is 5.02 Å². The van der Waals surface area contributed by atoms with E-state index < -0.39 is 23.5 Å². The van der Waals surface area contributed by atoms with E-state index in [0.29, 0.717) is 22.5 Å². The summed E-state index contributed by atoms with van der Waals surface area (Å²) in [7, 11) is 0. The number of carbonyl (C=O) groups is 1. The fraction of sp³-hybridized carbons (Fsp3) is 0.211. The molecule has 3 aromatic rings. The maximum absolute atomic E-state index is 13.1. The Morgan fingerprint density at radius 1 is 1.14 bits per heavy atom. The maximum atomic E-state index is 13.1. The molecule has 3 rings (SSSR count). The normalized spacial score (nSPS) is 11.5. The second kappa shape index (κ2) is 8.60. The lowest BCUT2D eigenvalue weighted by Crippen LogP contribution is -2.24. The van der Waals surface area contributed by atoms with Gasteiger partial charge in [0, 0.05) is 30.0 Å². The molecule has 1 N–H and O–H groups in total. The van der Waals surface area contributed by atoms with Gasteiger partial charge in [0.2, 0.25) is 17.6 Å². The standard InChI is InChI=1S/C19H14ClF4N3O2/c20-13-4-1-11(2-5-13)18-26-17(29-27-18)8-7-16(28)25-10-12-3-6-14(21)9-15(12)19(22,23)24/h1-6,9H,7-8,10H2,(H,25,28). The van der Waals surface area contributed by atoms with Gasteiger partial charge < -0.3 is 9.84 Å². The number of hydrogen-bond donors (Lipinski definition) is 1. The number of aromatic nitrogens is 2. The number of nitrogens with zero attached hydrogens (tertiary/aromatic N) is 2. The van der Waals surface area contributed by atoms with Gasteiger partial charge in [-0.05, 0) is 42.0 Å². The van der Waals surface area contributed by atoms with Crippen LogP contribution in [0.3, 0.4) is 0 Å². The second-order valence-corrected chi connectivity index (χ2v) is 6.53. The first-order valence-electron chi connectivity index (χ1n) is 8.43. The first kappa shape index (κ1) is 20.8. The number of nitrogens with one attached hydrogen (secondary N) is 1. The molecule has 29 heavy (non-hydrogen) atoms. The van der Waals surface area contributed by atoms with E-state index in [-0.39, 0.29) is 30.8 Å². The number of halogens is 5. The predicted octanol–water partition coefficient (Wildman–Crippen LogP) is 4.80. The Bertz CT molecular complexity index is 1000. The quantitative estimate of drug-likeness (QED) is 0.574. The molecule has 0 saturated heterocycles. The molecule has 0 aliphatic carbocycles. The lowest BCUT2D eigenvalue weighted by Gasteiger charge is -2.13. The summed E-state index contributed by atoms with van der Waals surface area (Å²) in [6.07, 6.45) is -4.67. The highest BCUT2D eigenvalue weighted by Crippen LogP contribution is 2.32. The molecule has 0 unspecified atom stereocenters. The van der Waals surface area contributed by atoms with Gasteiger partial charge in [-0.3, -0.25) is 4.79 Å². The molecule has 5 nitrogen and oxygen atoms in total. The van der Waals surface area contributed by atoms with Crippen molar-refractivity contribution >= 4 is 17.5 Å². The average Bonchev–Trinajstić information content (AvgIpc) is 3.14. The summed E-state index contributed by atoms with van der Waals surface area (Å²) >= 11 is 5.82. The van der Waals surface area contributed by atoms with E-state index in [4.69, 9.17) is 16.1 Å². The van der Waals surface area contributed by atoms with Gasteiger partial charge in [0.15, 0.2) is 0 Å². The molecule has 1 heterocycles. The first-order valence-corrected chi connectivity index (χ1v) is 8.81. The molecule has 0 radical (unpaired) electrons. The molecule has 152 valence electrons. The Balaban J connectivity index is 1.56. The average molecular weight is 428 g/mol. The Morgan fingerprint density at radius 2 is 1.86 bits per heavy atom. The van der Waals surface area contributed by atoms with E-state index in [2.05, 4.69) is 15.5 Å². The highest BCUT2D eigenvalue weighted by molar-refractivity contribution is 6.30. The maximum Gasteiger partial charge on any atom is 0.416 e. The summed E-state index contributed by atoms with van der Waals surface area (Å²) in [5.74, 6) is -0.963. The molecule has 0 aliphatic heterocycles. The molecule has 1 aromatic heterocycles. The number of benzene rings is 2. The van der Waals surface area contributed by atoms with Gasteiger partial charge in [-0.2, -0.15) is 18.2 Å². The first-order chi connectivity index (χ1) is 13.7. The summed E-state index contributed by atoms with van der Waals surface area (Å²) in [5.41, 5.74) is -0.665. The van der Waals surface area contributed by atoms with E-state index in [1.165, 1.54) is 0 Å². The Labute approximate surface area is 167 Å². The highest BCUT2D eigenvalue weighted by atomic mass is 35.5. The highest BCUT2D eigenvalue weighted by Gasteiger charge is 2.33. The van der Waals surface area contributed by atoms with E-state index in [1.807, 2.05) is 0 Å². The number of amides is 1. The van der Waals surface area contributed by atoms with Crippen molar-refractivity contribution in [2.24, 2.45) is 0 Å². The Hall–Kier alpha value is -2.94. The molecule has 0 saturated carbocycles. The fourth-order valence-corrected chi connectivity index (χ4v) is 2.67. The van der Waals surface area contributed by atoms with Gasteiger partial charge in [0.05, 0.1) is 5.56 Å². The predicted molar refractivity (Wildman–Crippen MR) is 96.3 cm³/mol. The largest absolute Gasteiger partial charge is 0.416 e. The van der Waals surface area contributed by atoms with Crippen molar-refractivity contribution < 1.29 is 26.9 Å². The third-order valence-corrected chi connectivity index (χ3v) is 4.24. The number of carbonyl (C=O) groups excluding carboxylic acids is 1. The Kier molecular flexibility index (Phi) is 6.17. The molecular weight excluding hydrogens is 414 g/mol. The zero-order valence-electron chi connectivity index (χ0n) is 14.8. The zero-order chi connectivity index (χ0) is 21.0. The topological polar surface area (TPSA) is 68.0 Å². The molecule has 10 heteroatoms. The van der Waals surface area contributed by atoms with Crippen molar-refractivity contribution in [1.82, 2.24) is 15.5 Å². The monoisotopic (exact) mass is 427 g/mol. The lowest BCUT2D eigenvalue weighted by molar-refractivity contribution is -0.138. The summed E-state index contributed by atoms with van der Waals surface area (Å²) in [5, 5.41) is 6.75. The van der Waals surface area contributed by atoms with Crippen LogP contribution in [0.1, 0.15) is 23.4 Å². The van der Waals surface area contributed by atoms with Crippen LogP contribution in [0.15, 0.2) is 47.0 Å². The van der Waals surface area contributed by atoms with Crippen LogP contribution in [0.5, 0.6) is 0 Å². The van der Waals surface area contributed by atoms with Crippen LogP contribution in [-0.4, -0.2) is 16.0 Å². The van der Waals surface area contributed by atoms with Crippen LogP contribution < -0.4 is 5.32 Å². The minimum Gasteiger partial charge on any atom is -0.352 e. The molecule has 2 aromatic carbocycles. The van der Waals surface area contributed by atoms with Crippen LogP contribution in [0.25, 0.3) is 11.4 Å². The second-order valence-electron chi connectivity index (χ2n) is 6.09. The van der Waals surface area contributed by atoms with Gasteiger partial charge in [0.1, 0.15) is 5.82 Å². The number of rotatable bonds is 6. The molecule has 0 spiro atoms. The summed E-state index contributed by atoms with van der Waals surface area (Å²) in [6, 6.07) is 9.08. The van der Waals surface area contributed by atoms with Gasteiger partial charge in [-0.1, -0.05) is 22.8 Å². The van der Waals surface area contributed by atoms with Crippen molar-refractivity contribution in [3.63, 3.8) is 0 Å².